The molecule has 4 heteroatoms. The van der Waals surface area contributed by atoms with Gasteiger partial charge in [0.05, 0.1) is 28.1 Å². The van der Waals surface area contributed by atoms with Gasteiger partial charge in [-0.25, -0.2) is 9.97 Å². The van der Waals surface area contributed by atoms with Gasteiger partial charge in [-0.05, 0) is 77.5 Å². The molecule has 0 atom stereocenters. The maximum atomic E-state index is 5.13. The van der Waals surface area contributed by atoms with Crippen LogP contribution in [0.3, 0.4) is 0 Å². The van der Waals surface area contributed by atoms with Crippen LogP contribution in [-0.2, 0) is 0 Å². The summed E-state index contributed by atoms with van der Waals surface area (Å²) in [5.41, 5.74) is 11.1. The molecule has 0 saturated heterocycles. The third-order valence-electron chi connectivity index (χ3n) is 9.05. The number of nitrogens with zero attached hydrogens (tertiary/aromatic N) is 4. The molecular formula is C45H30N4. The molecule has 0 aliphatic carbocycles. The molecule has 0 bridgehead atoms. The molecule has 6 aromatic carbocycles. The summed E-state index contributed by atoms with van der Waals surface area (Å²) < 4.78 is 0. The zero-order chi connectivity index (χ0) is 32.6. The molecule has 0 radical (unpaired) electrons. The van der Waals surface area contributed by atoms with Crippen molar-refractivity contribution in [2.24, 2.45) is 0 Å². The largest absolute Gasteiger partial charge is 0.310 e. The summed E-state index contributed by atoms with van der Waals surface area (Å²) in [6.45, 7) is 0. The smallest absolute Gasteiger partial charge is 0.0972 e. The van der Waals surface area contributed by atoms with Crippen LogP contribution < -0.4 is 4.90 Å². The van der Waals surface area contributed by atoms with Crippen LogP contribution in [0, 0.1) is 0 Å². The molecule has 0 spiro atoms. The number of anilines is 3. The lowest BCUT2D eigenvalue weighted by atomic mass is 10.0. The van der Waals surface area contributed by atoms with Gasteiger partial charge in [0, 0.05) is 50.7 Å². The molecular weight excluding hydrogens is 597 g/mol. The SMILES string of the molecule is c1ccc(-c2nc(-c3ccc(N(c4ccccc4)c4ccc5cc(-c6ccc7ccccc7n6)ccc5c4)cc3)cc3cccnc23)cc1. The molecule has 0 amide bonds. The van der Waals surface area contributed by atoms with E-state index in [0.717, 1.165) is 72.6 Å². The zero-order valence-corrected chi connectivity index (χ0v) is 26.6. The molecule has 0 aliphatic heterocycles. The average Bonchev–Trinajstić information content (AvgIpc) is 3.18. The summed E-state index contributed by atoms with van der Waals surface area (Å²) >= 11 is 0. The number of fused-ring (bicyclic) bond motifs is 3. The van der Waals surface area contributed by atoms with Gasteiger partial charge in [0.15, 0.2) is 0 Å². The standard InChI is InChI=1S/C45H30N4/c1-3-11-33(12-4-1)45-44-37(13-9-27-46-44)30-43(48-45)32-19-23-39(24-20-32)49(38-14-5-2-6-15-38)40-25-21-34-28-36(18-17-35(34)29-40)42-26-22-31-10-7-8-16-41(31)47-42/h1-30H. The van der Waals surface area contributed by atoms with E-state index in [2.05, 4.69) is 149 Å². The van der Waals surface area contributed by atoms with Crippen LogP contribution in [0.4, 0.5) is 17.1 Å². The summed E-state index contributed by atoms with van der Waals surface area (Å²) in [4.78, 5) is 17.0. The van der Waals surface area contributed by atoms with Crippen LogP contribution in [0.5, 0.6) is 0 Å². The third-order valence-corrected chi connectivity index (χ3v) is 9.05. The van der Waals surface area contributed by atoms with Crippen LogP contribution in [0.25, 0.3) is 66.4 Å². The van der Waals surface area contributed by atoms with E-state index in [1.807, 2.05) is 42.6 Å². The molecule has 3 heterocycles. The van der Waals surface area contributed by atoms with E-state index in [0.29, 0.717) is 0 Å². The Kier molecular flexibility index (Phi) is 7.10. The highest BCUT2D eigenvalue weighted by Gasteiger charge is 2.15. The minimum atomic E-state index is 0.888. The van der Waals surface area contributed by atoms with Crippen molar-refractivity contribution in [3.05, 3.63) is 182 Å². The molecule has 9 rings (SSSR count). The second-order valence-electron chi connectivity index (χ2n) is 12.2. The zero-order valence-electron chi connectivity index (χ0n) is 26.6. The number of pyridine rings is 3. The minimum absolute atomic E-state index is 0.888. The molecule has 0 aliphatic rings. The Labute approximate surface area is 284 Å². The van der Waals surface area contributed by atoms with Gasteiger partial charge < -0.3 is 4.90 Å². The van der Waals surface area contributed by atoms with Crippen molar-refractivity contribution in [3.63, 3.8) is 0 Å². The van der Waals surface area contributed by atoms with Gasteiger partial charge in [0.25, 0.3) is 0 Å². The maximum absolute atomic E-state index is 5.13. The quantitative estimate of drug-likeness (QED) is 0.184. The first-order valence-corrected chi connectivity index (χ1v) is 16.4. The van der Waals surface area contributed by atoms with E-state index in [4.69, 9.17) is 9.97 Å². The maximum Gasteiger partial charge on any atom is 0.0972 e. The third kappa shape index (κ3) is 5.45. The Morgan fingerprint density at radius 2 is 1.02 bits per heavy atom. The van der Waals surface area contributed by atoms with Gasteiger partial charge in [-0.1, -0.05) is 109 Å². The Bertz CT molecular complexity index is 2600. The Morgan fingerprint density at radius 3 is 1.88 bits per heavy atom. The monoisotopic (exact) mass is 626 g/mol. The first kappa shape index (κ1) is 28.6. The van der Waals surface area contributed by atoms with Crippen LogP contribution in [0.15, 0.2) is 182 Å². The lowest BCUT2D eigenvalue weighted by Crippen LogP contribution is -2.09. The summed E-state index contributed by atoms with van der Waals surface area (Å²) in [6.07, 6.45) is 1.83. The molecule has 0 fully saturated rings. The van der Waals surface area contributed by atoms with Gasteiger partial charge in [-0.15, -0.1) is 0 Å². The highest BCUT2D eigenvalue weighted by Crippen LogP contribution is 2.38. The molecule has 0 N–H and O–H groups in total. The molecule has 0 unspecified atom stereocenters. The van der Waals surface area contributed by atoms with Gasteiger partial charge in [0.1, 0.15) is 0 Å². The van der Waals surface area contributed by atoms with Crippen molar-refractivity contribution in [1.29, 1.82) is 0 Å². The molecule has 49 heavy (non-hydrogen) atoms. The van der Waals surface area contributed by atoms with Crippen molar-refractivity contribution in [1.82, 2.24) is 15.0 Å². The van der Waals surface area contributed by atoms with Gasteiger partial charge in [-0.2, -0.15) is 0 Å². The molecule has 4 nitrogen and oxygen atoms in total. The van der Waals surface area contributed by atoms with Gasteiger partial charge >= 0.3 is 0 Å². The molecule has 9 aromatic rings. The van der Waals surface area contributed by atoms with E-state index in [9.17, 15) is 0 Å². The van der Waals surface area contributed by atoms with E-state index in [1.165, 1.54) is 10.8 Å². The molecule has 3 aromatic heterocycles. The average molecular weight is 627 g/mol. The molecule has 0 saturated carbocycles. The Hall–Kier alpha value is -6.65. The fourth-order valence-electron chi connectivity index (χ4n) is 6.59. The van der Waals surface area contributed by atoms with E-state index in [-0.39, 0.29) is 0 Å². The normalized spacial score (nSPS) is 11.3. The first-order chi connectivity index (χ1) is 24.3. The van der Waals surface area contributed by atoms with Gasteiger partial charge in [-0.3, -0.25) is 4.98 Å². The van der Waals surface area contributed by atoms with Crippen LogP contribution >= 0.6 is 0 Å². The summed E-state index contributed by atoms with van der Waals surface area (Å²) in [5, 5.41) is 4.55. The second-order valence-corrected chi connectivity index (χ2v) is 12.2. The van der Waals surface area contributed by atoms with Crippen LogP contribution in [0.2, 0.25) is 0 Å². The predicted molar refractivity (Wildman–Crippen MR) is 203 cm³/mol. The number of aromatic nitrogens is 3. The van der Waals surface area contributed by atoms with Crippen molar-refractivity contribution in [2.45, 2.75) is 0 Å². The second kappa shape index (κ2) is 12.2. The number of para-hydroxylation sites is 2. The van der Waals surface area contributed by atoms with E-state index >= 15 is 0 Å². The molecule has 230 valence electrons. The van der Waals surface area contributed by atoms with Crippen molar-refractivity contribution in [2.75, 3.05) is 4.90 Å². The van der Waals surface area contributed by atoms with Crippen molar-refractivity contribution < 1.29 is 0 Å². The summed E-state index contributed by atoms with van der Waals surface area (Å²) in [7, 11) is 0. The lowest BCUT2D eigenvalue weighted by Gasteiger charge is -2.26. The predicted octanol–water partition coefficient (Wildman–Crippen LogP) is 11.8. The fraction of sp³-hybridized carbons (Fsp3) is 0. The highest BCUT2D eigenvalue weighted by atomic mass is 15.1. The Morgan fingerprint density at radius 1 is 0.367 bits per heavy atom. The van der Waals surface area contributed by atoms with Crippen LogP contribution in [-0.4, -0.2) is 15.0 Å². The van der Waals surface area contributed by atoms with Gasteiger partial charge in [0.2, 0.25) is 0 Å². The van der Waals surface area contributed by atoms with E-state index < -0.39 is 0 Å². The number of hydrogen-bond acceptors (Lipinski definition) is 4. The number of hydrogen-bond donors (Lipinski definition) is 0. The van der Waals surface area contributed by atoms with Crippen molar-refractivity contribution >= 4 is 49.6 Å². The number of rotatable bonds is 6. The highest BCUT2D eigenvalue weighted by molar-refractivity contribution is 5.95. The lowest BCUT2D eigenvalue weighted by molar-refractivity contribution is 1.28. The number of benzene rings is 6. The van der Waals surface area contributed by atoms with Crippen LogP contribution in [0.1, 0.15) is 0 Å². The van der Waals surface area contributed by atoms with Crippen molar-refractivity contribution in [3.8, 4) is 33.8 Å². The fourth-order valence-corrected chi connectivity index (χ4v) is 6.59. The minimum Gasteiger partial charge on any atom is -0.310 e. The topological polar surface area (TPSA) is 41.9 Å². The van der Waals surface area contributed by atoms with E-state index in [1.54, 1.807) is 0 Å². The Balaban J connectivity index is 1.09. The first-order valence-electron chi connectivity index (χ1n) is 16.4. The summed E-state index contributed by atoms with van der Waals surface area (Å²) in [6, 6.07) is 61.4. The summed E-state index contributed by atoms with van der Waals surface area (Å²) in [5.74, 6) is 0.